The van der Waals surface area contributed by atoms with Crippen LogP contribution in [0.25, 0.3) is 126 Å². The molecule has 13 aromatic carbocycles. The first-order valence-corrected chi connectivity index (χ1v) is 25.7. The molecule has 15 aromatic rings. The van der Waals surface area contributed by atoms with Crippen molar-refractivity contribution in [1.29, 1.82) is 0 Å². The van der Waals surface area contributed by atoms with Crippen molar-refractivity contribution in [2.24, 2.45) is 0 Å². The van der Waals surface area contributed by atoms with Crippen molar-refractivity contribution in [2.45, 2.75) is 0 Å². The number of aromatic nitrogens is 1. The highest BCUT2D eigenvalue weighted by Gasteiger charge is 2.19. The van der Waals surface area contributed by atoms with E-state index in [1.54, 1.807) is 0 Å². The number of hydrogen-bond acceptors (Lipinski definition) is 2. The van der Waals surface area contributed by atoms with Gasteiger partial charge in [0.1, 0.15) is 11.2 Å². The summed E-state index contributed by atoms with van der Waals surface area (Å²) in [6.07, 6.45) is 0. The molecule has 3 heteroatoms. The molecule has 0 bridgehead atoms. The van der Waals surface area contributed by atoms with Crippen LogP contribution >= 0.6 is 0 Å². The maximum atomic E-state index is 6.25. The van der Waals surface area contributed by atoms with Crippen molar-refractivity contribution in [2.75, 3.05) is 4.90 Å². The van der Waals surface area contributed by atoms with Gasteiger partial charge < -0.3 is 13.9 Å². The van der Waals surface area contributed by atoms with Crippen LogP contribution in [0.1, 0.15) is 0 Å². The van der Waals surface area contributed by atoms with Crippen LogP contribution in [0.4, 0.5) is 17.1 Å². The Labute approximate surface area is 434 Å². The Bertz CT molecular complexity index is 4630. The van der Waals surface area contributed by atoms with Crippen LogP contribution in [0.2, 0.25) is 0 Å². The molecule has 75 heavy (non-hydrogen) atoms. The van der Waals surface area contributed by atoms with Crippen LogP contribution in [0.5, 0.6) is 0 Å². The average molecular weight is 955 g/mol. The van der Waals surface area contributed by atoms with Crippen LogP contribution in [-0.2, 0) is 0 Å². The fourth-order valence-corrected chi connectivity index (χ4v) is 11.8. The first kappa shape index (κ1) is 42.7. The second-order valence-electron chi connectivity index (χ2n) is 19.6. The minimum Gasteiger partial charge on any atom is -0.456 e. The van der Waals surface area contributed by atoms with E-state index in [1.165, 1.54) is 81.9 Å². The molecular weight excluding hydrogens is 909 g/mol. The maximum absolute atomic E-state index is 6.25. The number of hydrogen-bond donors (Lipinski definition) is 0. The van der Waals surface area contributed by atoms with E-state index < -0.39 is 0 Å². The first-order chi connectivity index (χ1) is 37.2. The molecule has 350 valence electrons. The third-order valence-corrected chi connectivity index (χ3v) is 15.4. The highest BCUT2D eigenvalue weighted by atomic mass is 16.3. The number of rotatable bonds is 8. The molecule has 2 heterocycles. The van der Waals surface area contributed by atoms with Gasteiger partial charge >= 0.3 is 0 Å². The van der Waals surface area contributed by atoms with E-state index in [-0.39, 0.29) is 0 Å². The summed E-state index contributed by atoms with van der Waals surface area (Å²) < 4.78 is 8.67. The summed E-state index contributed by atoms with van der Waals surface area (Å²) in [5.74, 6) is 0. The largest absolute Gasteiger partial charge is 0.456 e. The standard InChI is InChI=1S/C72H46N2O/c1-3-14-47(15-4-1)52-33-42-68-66(45-52)67-46-53(34-43-69(67)74(68)57-37-28-48(29-38-57)51-32-41-63-61-20-8-7-18-59(61)60-19-9-10-21-62(60)65(63)44-51)49-26-35-55(36-27-49)73(54-16-5-2-6-17-54)56-39-30-50(31-40-56)58-23-13-25-71-72(58)64-22-11-12-24-70(64)75-71/h1-46H. The van der Waals surface area contributed by atoms with Crippen molar-refractivity contribution >= 4 is 93.1 Å². The summed E-state index contributed by atoms with van der Waals surface area (Å²) in [6.45, 7) is 0. The van der Waals surface area contributed by atoms with Gasteiger partial charge in [-0.25, -0.2) is 0 Å². The van der Waals surface area contributed by atoms with E-state index in [9.17, 15) is 0 Å². The van der Waals surface area contributed by atoms with Gasteiger partial charge in [-0.15, -0.1) is 0 Å². The molecular formula is C72H46N2O. The van der Waals surface area contributed by atoms with Gasteiger partial charge in [0.15, 0.2) is 0 Å². The highest BCUT2D eigenvalue weighted by molar-refractivity contribution is 6.26. The summed E-state index contributed by atoms with van der Waals surface area (Å²) in [6, 6.07) is 101. The minimum absolute atomic E-state index is 0.900. The third kappa shape index (κ3) is 7.12. The zero-order valence-electron chi connectivity index (χ0n) is 40.9. The zero-order chi connectivity index (χ0) is 49.4. The predicted molar refractivity (Wildman–Crippen MR) is 317 cm³/mol. The van der Waals surface area contributed by atoms with Gasteiger partial charge in [-0.05, 0) is 168 Å². The van der Waals surface area contributed by atoms with Gasteiger partial charge in [-0.2, -0.15) is 0 Å². The van der Waals surface area contributed by atoms with E-state index in [4.69, 9.17) is 4.42 Å². The predicted octanol–water partition coefficient (Wildman–Crippen LogP) is 20.3. The number of nitrogens with zero attached hydrogens (tertiary/aromatic N) is 2. The molecule has 3 nitrogen and oxygen atoms in total. The van der Waals surface area contributed by atoms with E-state index in [2.05, 4.69) is 276 Å². The molecule has 0 aliphatic carbocycles. The van der Waals surface area contributed by atoms with Crippen molar-refractivity contribution in [3.63, 3.8) is 0 Å². The first-order valence-electron chi connectivity index (χ1n) is 25.7. The van der Waals surface area contributed by atoms with Crippen LogP contribution in [0, 0.1) is 0 Å². The molecule has 0 radical (unpaired) electrons. The normalized spacial score (nSPS) is 11.7. The van der Waals surface area contributed by atoms with Crippen LogP contribution < -0.4 is 4.90 Å². The molecule has 0 N–H and O–H groups in total. The van der Waals surface area contributed by atoms with Gasteiger partial charge in [0.05, 0.1) is 11.0 Å². The van der Waals surface area contributed by atoms with Gasteiger partial charge in [0.25, 0.3) is 0 Å². The second-order valence-corrected chi connectivity index (χ2v) is 19.6. The minimum atomic E-state index is 0.900. The molecule has 0 amide bonds. The Morgan fingerprint density at radius 1 is 0.253 bits per heavy atom. The topological polar surface area (TPSA) is 21.3 Å². The van der Waals surface area contributed by atoms with Crippen molar-refractivity contribution in [3.8, 4) is 50.2 Å². The maximum Gasteiger partial charge on any atom is 0.136 e. The second kappa shape index (κ2) is 17.4. The number of para-hydroxylation sites is 2. The third-order valence-electron chi connectivity index (χ3n) is 15.4. The van der Waals surface area contributed by atoms with E-state index in [0.29, 0.717) is 0 Å². The lowest BCUT2D eigenvalue weighted by Crippen LogP contribution is -2.09. The smallest absolute Gasteiger partial charge is 0.136 e. The number of anilines is 3. The summed E-state index contributed by atoms with van der Waals surface area (Å²) in [7, 11) is 0. The summed E-state index contributed by atoms with van der Waals surface area (Å²) in [5.41, 5.74) is 18.0. The molecule has 0 atom stereocenters. The number of fused-ring (bicyclic) bond motifs is 12. The summed E-state index contributed by atoms with van der Waals surface area (Å²) >= 11 is 0. The average Bonchev–Trinajstić information content (AvgIpc) is 4.07. The Balaban J connectivity index is 0.797. The monoisotopic (exact) mass is 954 g/mol. The van der Waals surface area contributed by atoms with Crippen LogP contribution in [0.15, 0.2) is 283 Å². The lowest BCUT2D eigenvalue weighted by atomic mass is 9.92. The van der Waals surface area contributed by atoms with E-state index in [0.717, 1.165) is 61.4 Å². The van der Waals surface area contributed by atoms with Gasteiger partial charge in [0, 0.05) is 44.3 Å². The van der Waals surface area contributed by atoms with Gasteiger partial charge in [-0.1, -0.05) is 188 Å². The fourth-order valence-electron chi connectivity index (χ4n) is 11.8. The number of furan rings is 1. The fraction of sp³-hybridized carbons (Fsp3) is 0. The molecule has 0 aliphatic heterocycles. The summed E-state index contributed by atoms with van der Waals surface area (Å²) in [4.78, 5) is 2.33. The zero-order valence-corrected chi connectivity index (χ0v) is 40.9. The number of benzene rings is 13. The molecule has 0 aliphatic rings. The van der Waals surface area contributed by atoms with Crippen molar-refractivity contribution < 1.29 is 4.42 Å². The molecule has 15 rings (SSSR count). The van der Waals surface area contributed by atoms with Crippen molar-refractivity contribution in [1.82, 2.24) is 4.57 Å². The van der Waals surface area contributed by atoms with Crippen LogP contribution in [0.3, 0.4) is 0 Å². The Hall–Kier alpha value is -9.96. The quantitative estimate of drug-likeness (QED) is 0.142. The molecule has 0 fully saturated rings. The molecule has 2 aromatic heterocycles. The highest BCUT2D eigenvalue weighted by Crippen LogP contribution is 2.43. The van der Waals surface area contributed by atoms with Gasteiger partial charge in [-0.3, -0.25) is 0 Å². The Kier molecular flexibility index (Phi) is 9.89. The Morgan fingerprint density at radius 3 is 1.27 bits per heavy atom. The van der Waals surface area contributed by atoms with Crippen LogP contribution in [-0.4, -0.2) is 4.57 Å². The van der Waals surface area contributed by atoms with E-state index in [1.807, 2.05) is 12.1 Å². The molecule has 0 saturated carbocycles. The van der Waals surface area contributed by atoms with Crippen molar-refractivity contribution in [3.05, 3.63) is 279 Å². The summed E-state index contributed by atoms with van der Waals surface area (Å²) in [5, 5.41) is 12.4. The van der Waals surface area contributed by atoms with E-state index >= 15 is 0 Å². The lowest BCUT2D eigenvalue weighted by molar-refractivity contribution is 0.669. The SMILES string of the molecule is c1ccc(-c2ccc3c(c2)c2cc(-c4ccc(N(c5ccccc5)c5ccc(-c6cccc7oc8ccccc8c67)cc5)cc4)ccc2n3-c2ccc(-c3ccc4c5ccccc5c5ccccc5c4c3)cc2)cc1. The molecule has 0 spiro atoms. The molecule has 0 unspecified atom stereocenters. The lowest BCUT2D eigenvalue weighted by Gasteiger charge is -2.26. The van der Waals surface area contributed by atoms with Gasteiger partial charge in [0.2, 0.25) is 0 Å². The Morgan fingerprint density at radius 2 is 0.667 bits per heavy atom. The molecule has 0 saturated heterocycles.